The summed E-state index contributed by atoms with van der Waals surface area (Å²) in [5.74, 6) is 0.477. The predicted molar refractivity (Wildman–Crippen MR) is 77.9 cm³/mol. The molecule has 0 amide bonds. The molecule has 0 radical (unpaired) electrons. The highest BCUT2D eigenvalue weighted by Crippen LogP contribution is 2.16. The van der Waals surface area contributed by atoms with E-state index in [1.807, 2.05) is 12.1 Å². The second-order valence-electron chi connectivity index (χ2n) is 5.10. The van der Waals surface area contributed by atoms with E-state index in [9.17, 15) is 8.42 Å². The maximum Gasteiger partial charge on any atom is 0.240 e. The van der Waals surface area contributed by atoms with Gasteiger partial charge in [-0.25, -0.2) is 13.1 Å². The molecule has 1 atom stereocenters. The zero-order chi connectivity index (χ0) is 14.4. The molecule has 1 unspecified atom stereocenters. The second kappa shape index (κ2) is 7.17. The van der Waals surface area contributed by atoms with E-state index in [2.05, 4.69) is 4.72 Å². The number of nitrogens with one attached hydrogen (secondary N) is 1. The van der Waals surface area contributed by atoms with Crippen LogP contribution in [0.1, 0.15) is 18.4 Å². The van der Waals surface area contributed by atoms with Crippen molar-refractivity contribution in [3.05, 3.63) is 29.8 Å². The molecule has 1 aliphatic rings. The number of benzene rings is 1. The maximum atomic E-state index is 12.1. The van der Waals surface area contributed by atoms with E-state index >= 15 is 0 Å². The highest BCUT2D eigenvalue weighted by molar-refractivity contribution is 7.89. The molecule has 20 heavy (non-hydrogen) atoms. The molecule has 0 saturated carbocycles. The molecule has 0 bridgehead atoms. The maximum absolute atomic E-state index is 12.1. The predicted octanol–water partition coefficient (Wildman–Crippen LogP) is 0.893. The first-order valence-electron chi connectivity index (χ1n) is 6.98. The molecular formula is C14H22N2O3S. The second-order valence-corrected chi connectivity index (χ2v) is 6.87. The number of hydrogen-bond acceptors (Lipinski definition) is 4. The highest BCUT2D eigenvalue weighted by atomic mass is 32.2. The average molecular weight is 298 g/mol. The van der Waals surface area contributed by atoms with Crippen LogP contribution < -0.4 is 10.5 Å². The van der Waals surface area contributed by atoms with Gasteiger partial charge in [-0.1, -0.05) is 12.1 Å². The fraction of sp³-hybridized carbons (Fsp3) is 0.571. The van der Waals surface area contributed by atoms with Crippen molar-refractivity contribution in [3.63, 3.8) is 0 Å². The quantitative estimate of drug-likeness (QED) is 0.783. The molecule has 5 nitrogen and oxygen atoms in total. The number of sulfonamides is 1. The van der Waals surface area contributed by atoms with E-state index in [-0.39, 0.29) is 0 Å². The van der Waals surface area contributed by atoms with Crippen LogP contribution in [0.2, 0.25) is 0 Å². The van der Waals surface area contributed by atoms with Crippen LogP contribution in [-0.4, -0.2) is 34.7 Å². The van der Waals surface area contributed by atoms with E-state index in [0.29, 0.717) is 23.9 Å². The Hall–Kier alpha value is -0.950. The van der Waals surface area contributed by atoms with Gasteiger partial charge in [0.25, 0.3) is 0 Å². The van der Waals surface area contributed by atoms with E-state index < -0.39 is 10.0 Å². The lowest BCUT2D eigenvalue weighted by molar-refractivity contribution is 0.184. The van der Waals surface area contributed by atoms with Crippen LogP contribution in [0.3, 0.4) is 0 Å². The van der Waals surface area contributed by atoms with Crippen molar-refractivity contribution < 1.29 is 13.2 Å². The standard InChI is InChI=1S/C14H22N2O3S/c15-8-5-12-1-3-14(4-2-12)20(17,18)16-9-6-13-7-10-19-11-13/h1-4,13,16H,5-11,15H2. The van der Waals surface area contributed by atoms with Gasteiger partial charge in [0.05, 0.1) is 4.90 Å². The summed E-state index contributed by atoms with van der Waals surface area (Å²) in [6.45, 7) is 2.56. The average Bonchev–Trinajstić information content (AvgIpc) is 2.93. The number of nitrogens with two attached hydrogens (primary N) is 1. The summed E-state index contributed by atoms with van der Waals surface area (Å²) >= 11 is 0. The minimum absolute atomic E-state index is 0.306. The lowest BCUT2D eigenvalue weighted by atomic mass is 10.1. The Bertz CT molecular complexity index is 508. The van der Waals surface area contributed by atoms with E-state index in [1.165, 1.54) is 0 Å². The highest BCUT2D eigenvalue weighted by Gasteiger charge is 2.18. The van der Waals surface area contributed by atoms with Crippen LogP contribution in [-0.2, 0) is 21.2 Å². The Balaban J connectivity index is 1.88. The van der Waals surface area contributed by atoms with Crippen LogP contribution in [0.4, 0.5) is 0 Å². The Morgan fingerprint density at radius 2 is 2.05 bits per heavy atom. The molecule has 6 heteroatoms. The number of ether oxygens (including phenoxy) is 1. The van der Waals surface area contributed by atoms with Gasteiger partial charge in [0, 0.05) is 19.8 Å². The zero-order valence-corrected chi connectivity index (χ0v) is 12.4. The molecular weight excluding hydrogens is 276 g/mol. The third-order valence-electron chi connectivity index (χ3n) is 3.54. The van der Waals surface area contributed by atoms with Crippen LogP contribution in [0.15, 0.2) is 29.2 Å². The van der Waals surface area contributed by atoms with Crippen molar-refractivity contribution in [1.29, 1.82) is 0 Å². The minimum atomic E-state index is -3.41. The zero-order valence-electron chi connectivity index (χ0n) is 11.5. The van der Waals surface area contributed by atoms with Crippen LogP contribution in [0.25, 0.3) is 0 Å². The first-order valence-corrected chi connectivity index (χ1v) is 8.46. The molecule has 1 aromatic carbocycles. The van der Waals surface area contributed by atoms with Crippen molar-refractivity contribution in [2.24, 2.45) is 11.7 Å². The third-order valence-corrected chi connectivity index (χ3v) is 5.01. The summed E-state index contributed by atoms with van der Waals surface area (Å²) in [6, 6.07) is 6.89. The van der Waals surface area contributed by atoms with Crippen LogP contribution in [0.5, 0.6) is 0 Å². The lowest BCUT2D eigenvalue weighted by Gasteiger charge is -2.10. The molecule has 1 fully saturated rings. The van der Waals surface area contributed by atoms with Gasteiger partial charge in [0.15, 0.2) is 0 Å². The van der Waals surface area contributed by atoms with Crippen molar-refractivity contribution in [2.75, 3.05) is 26.3 Å². The third kappa shape index (κ3) is 4.28. The molecule has 1 aliphatic heterocycles. The Labute approximate surface area is 120 Å². The molecule has 112 valence electrons. The molecule has 0 spiro atoms. The van der Waals surface area contributed by atoms with Gasteiger partial charge in [-0.15, -0.1) is 0 Å². The number of rotatable bonds is 7. The first kappa shape index (κ1) is 15.4. The van der Waals surface area contributed by atoms with Gasteiger partial charge in [-0.3, -0.25) is 0 Å². The molecule has 0 aromatic heterocycles. The molecule has 0 aliphatic carbocycles. The summed E-state index contributed by atoms with van der Waals surface area (Å²) in [5, 5.41) is 0. The Morgan fingerprint density at radius 3 is 2.65 bits per heavy atom. The van der Waals surface area contributed by atoms with E-state index in [4.69, 9.17) is 10.5 Å². The van der Waals surface area contributed by atoms with Gasteiger partial charge in [-0.2, -0.15) is 0 Å². The summed E-state index contributed by atoms with van der Waals surface area (Å²) in [6.07, 6.45) is 2.61. The topological polar surface area (TPSA) is 81.4 Å². The molecule has 2 rings (SSSR count). The van der Waals surface area contributed by atoms with Gasteiger partial charge >= 0.3 is 0 Å². The normalized spacial score (nSPS) is 19.4. The summed E-state index contributed by atoms with van der Waals surface area (Å²) < 4.78 is 32.1. The van der Waals surface area contributed by atoms with Gasteiger partial charge in [-0.05, 0) is 49.4 Å². The summed E-state index contributed by atoms with van der Waals surface area (Å²) in [5.41, 5.74) is 6.52. The fourth-order valence-corrected chi connectivity index (χ4v) is 3.34. The Morgan fingerprint density at radius 1 is 1.30 bits per heavy atom. The van der Waals surface area contributed by atoms with Crippen molar-refractivity contribution in [1.82, 2.24) is 4.72 Å². The SMILES string of the molecule is NCCc1ccc(S(=O)(=O)NCCC2CCOC2)cc1. The molecule has 1 aromatic rings. The lowest BCUT2D eigenvalue weighted by Crippen LogP contribution is -2.26. The minimum Gasteiger partial charge on any atom is -0.381 e. The number of hydrogen-bond donors (Lipinski definition) is 2. The van der Waals surface area contributed by atoms with Crippen molar-refractivity contribution >= 4 is 10.0 Å². The largest absolute Gasteiger partial charge is 0.381 e. The Kier molecular flexibility index (Phi) is 5.54. The monoisotopic (exact) mass is 298 g/mol. The molecule has 3 N–H and O–H groups in total. The van der Waals surface area contributed by atoms with E-state index in [1.54, 1.807) is 12.1 Å². The molecule has 1 saturated heterocycles. The van der Waals surface area contributed by atoms with Crippen LogP contribution >= 0.6 is 0 Å². The van der Waals surface area contributed by atoms with Crippen LogP contribution in [0, 0.1) is 5.92 Å². The van der Waals surface area contributed by atoms with E-state index in [0.717, 1.165) is 38.0 Å². The first-order chi connectivity index (χ1) is 9.62. The van der Waals surface area contributed by atoms with Crippen molar-refractivity contribution in [2.45, 2.75) is 24.2 Å². The van der Waals surface area contributed by atoms with Gasteiger partial charge in [0.1, 0.15) is 0 Å². The van der Waals surface area contributed by atoms with Gasteiger partial charge < -0.3 is 10.5 Å². The smallest absolute Gasteiger partial charge is 0.240 e. The summed E-state index contributed by atoms with van der Waals surface area (Å²) in [4.78, 5) is 0.306. The van der Waals surface area contributed by atoms with Gasteiger partial charge in [0.2, 0.25) is 10.0 Å². The van der Waals surface area contributed by atoms with Crippen molar-refractivity contribution in [3.8, 4) is 0 Å². The summed E-state index contributed by atoms with van der Waals surface area (Å²) in [7, 11) is -3.41. The fourth-order valence-electron chi connectivity index (χ4n) is 2.29. The molecule has 1 heterocycles.